The van der Waals surface area contributed by atoms with E-state index >= 15 is 0 Å². The van der Waals surface area contributed by atoms with Crippen LogP contribution in [0.15, 0.2) is 27.8 Å². The summed E-state index contributed by atoms with van der Waals surface area (Å²) in [5.74, 6) is 0. The second kappa shape index (κ2) is 3.06. The molecule has 2 rings (SSSR count). The zero-order chi connectivity index (χ0) is 9.47. The molecule has 0 spiro atoms. The highest BCUT2D eigenvalue weighted by Gasteiger charge is 2.37. The molecular weight excluding hydrogens is 254 g/mol. The molecule has 0 amide bonds. The molecule has 0 atom stereocenters. The molecule has 1 aliphatic carbocycles. The van der Waals surface area contributed by atoms with Crippen LogP contribution >= 0.6 is 15.9 Å². The molecular formula is C8H8BrNO2S. The molecule has 0 aliphatic heterocycles. The van der Waals surface area contributed by atoms with Crippen molar-refractivity contribution in [2.45, 2.75) is 23.1 Å². The normalized spacial score (nSPS) is 17.3. The summed E-state index contributed by atoms with van der Waals surface area (Å²) in [4.78, 5) is 3.88. The van der Waals surface area contributed by atoms with Crippen molar-refractivity contribution < 1.29 is 8.42 Å². The second-order valence-electron chi connectivity index (χ2n) is 3.06. The number of pyridine rings is 1. The van der Waals surface area contributed by atoms with Gasteiger partial charge in [-0.3, -0.25) is 0 Å². The molecule has 0 unspecified atom stereocenters. The average molecular weight is 262 g/mol. The number of hydrogen-bond acceptors (Lipinski definition) is 3. The number of sulfone groups is 1. The van der Waals surface area contributed by atoms with Crippen molar-refractivity contribution in [3.63, 3.8) is 0 Å². The predicted molar refractivity (Wildman–Crippen MR) is 52.1 cm³/mol. The Kier molecular flexibility index (Phi) is 2.15. The van der Waals surface area contributed by atoms with Gasteiger partial charge in [0.1, 0.15) is 0 Å². The predicted octanol–water partition coefficient (Wildman–Crippen LogP) is 1.78. The minimum Gasteiger partial charge on any atom is -0.244 e. The Balaban J connectivity index is 2.40. The van der Waals surface area contributed by atoms with Crippen molar-refractivity contribution in [3.8, 4) is 0 Å². The lowest BCUT2D eigenvalue weighted by Crippen LogP contribution is -2.08. The first kappa shape index (κ1) is 9.15. The lowest BCUT2D eigenvalue weighted by molar-refractivity contribution is 0.591. The van der Waals surface area contributed by atoms with Gasteiger partial charge in [0.2, 0.25) is 0 Å². The van der Waals surface area contributed by atoms with Crippen molar-refractivity contribution in [2.75, 3.05) is 0 Å². The summed E-state index contributed by atoms with van der Waals surface area (Å²) in [5.41, 5.74) is 0. The molecule has 1 saturated carbocycles. The third kappa shape index (κ3) is 1.76. The summed E-state index contributed by atoms with van der Waals surface area (Å²) in [7, 11) is -3.11. The van der Waals surface area contributed by atoms with Gasteiger partial charge in [0.15, 0.2) is 14.9 Å². The summed E-state index contributed by atoms with van der Waals surface area (Å²) < 4.78 is 24.0. The number of nitrogens with zero attached hydrogens (tertiary/aromatic N) is 1. The minimum absolute atomic E-state index is 0.179. The molecule has 0 radical (unpaired) electrons. The third-order valence-electron chi connectivity index (χ3n) is 1.95. The quantitative estimate of drug-likeness (QED) is 0.816. The lowest BCUT2D eigenvalue weighted by atomic mass is 10.5. The Morgan fingerprint density at radius 2 is 2.08 bits per heavy atom. The third-order valence-corrected chi connectivity index (χ3v) is 4.60. The fraction of sp³-hybridized carbons (Fsp3) is 0.375. The van der Waals surface area contributed by atoms with E-state index in [0.29, 0.717) is 0 Å². The van der Waals surface area contributed by atoms with E-state index in [0.717, 1.165) is 17.3 Å². The SMILES string of the molecule is O=S(=O)(c1ccc(Br)cn1)C1CC1. The standard InChI is InChI=1S/C8H8BrNO2S/c9-6-1-4-8(10-5-6)13(11,12)7-2-3-7/h1,4-5,7H,2-3H2. The second-order valence-corrected chi connectivity index (χ2v) is 6.15. The van der Waals surface area contributed by atoms with Crippen molar-refractivity contribution in [1.29, 1.82) is 0 Å². The molecule has 1 aromatic heterocycles. The maximum absolute atomic E-state index is 11.6. The van der Waals surface area contributed by atoms with Crippen molar-refractivity contribution in [2.24, 2.45) is 0 Å². The molecule has 1 aliphatic rings. The molecule has 0 bridgehead atoms. The molecule has 0 aromatic carbocycles. The molecule has 1 aromatic rings. The van der Waals surface area contributed by atoms with Crippen LogP contribution in [-0.4, -0.2) is 18.7 Å². The fourth-order valence-electron chi connectivity index (χ4n) is 1.08. The largest absolute Gasteiger partial charge is 0.244 e. The number of halogens is 1. The van der Waals surface area contributed by atoms with E-state index in [2.05, 4.69) is 20.9 Å². The Bertz CT molecular complexity index is 408. The average Bonchev–Trinajstić information content (AvgIpc) is 2.87. The first-order valence-corrected chi connectivity index (χ1v) is 6.30. The first-order valence-electron chi connectivity index (χ1n) is 3.96. The van der Waals surface area contributed by atoms with Crippen molar-refractivity contribution in [1.82, 2.24) is 4.98 Å². The molecule has 1 fully saturated rings. The molecule has 0 N–H and O–H groups in total. The summed E-state index contributed by atoms with van der Waals surface area (Å²) in [5, 5.41) is 0.0133. The molecule has 3 nitrogen and oxygen atoms in total. The maximum Gasteiger partial charge on any atom is 0.198 e. The van der Waals surface area contributed by atoms with E-state index in [1.165, 1.54) is 12.3 Å². The topological polar surface area (TPSA) is 47.0 Å². The van der Waals surface area contributed by atoms with Gasteiger partial charge in [-0.05, 0) is 40.9 Å². The number of aromatic nitrogens is 1. The van der Waals surface area contributed by atoms with E-state index in [4.69, 9.17) is 0 Å². The van der Waals surface area contributed by atoms with Crippen LogP contribution in [0.3, 0.4) is 0 Å². The van der Waals surface area contributed by atoms with Gasteiger partial charge in [-0.1, -0.05) is 0 Å². The van der Waals surface area contributed by atoms with Crippen molar-refractivity contribution in [3.05, 3.63) is 22.8 Å². The van der Waals surface area contributed by atoms with E-state index in [9.17, 15) is 8.42 Å². The van der Waals surface area contributed by atoms with Gasteiger partial charge in [0, 0.05) is 10.7 Å². The highest BCUT2D eigenvalue weighted by molar-refractivity contribution is 9.10. The van der Waals surface area contributed by atoms with Crippen LogP contribution in [-0.2, 0) is 9.84 Å². The molecule has 13 heavy (non-hydrogen) atoms. The number of hydrogen-bond donors (Lipinski definition) is 0. The van der Waals surface area contributed by atoms with Gasteiger partial charge in [0.05, 0.1) is 5.25 Å². The van der Waals surface area contributed by atoms with Gasteiger partial charge >= 0.3 is 0 Å². The number of rotatable bonds is 2. The van der Waals surface area contributed by atoms with Crippen LogP contribution in [0.1, 0.15) is 12.8 Å². The van der Waals surface area contributed by atoms with Gasteiger partial charge in [-0.15, -0.1) is 0 Å². The van der Waals surface area contributed by atoms with Crippen LogP contribution in [0.5, 0.6) is 0 Å². The molecule has 5 heteroatoms. The van der Waals surface area contributed by atoms with Crippen LogP contribution in [0.2, 0.25) is 0 Å². The van der Waals surface area contributed by atoms with E-state index in [-0.39, 0.29) is 10.3 Å². The summed E-state index contributed by atoms with van der Waals surface area (Å²) in [6.45, 7) is 0. The Labute approximate surface area is 85.2 Å². The maximum atomic E-state index is 11.6. The molecule has 1 heterocycles. The zero-order valence-corrected chi connectivity index (χ0v) is 9.18. The highest BCUT2D eigenvalue weighted by atomic mass is 79.9. The summed E-state index contributed by atoms with van der Waals surface area (Å²) in [6, 6.07) is 3.24. The van der Waals surface area contributed by atoms with Crippen LogP contribution < -0.4 is 0 Å². The minimum atomic E-state index is -3.11. The van der Waals surface area contributed by atoms with Crippen LogP contribution in [0, 0.1) is 0 Å². The van der Waals surface area contributed by atoms with Crippen molar-refractivity contribution >= 4 is 25.8 Å². The molecule has 70 valence electrons. The summed E-state index contributed by atoms with van der Waals surface area (Å²) in [6.07, 6.45) is 3.06. The van der Waals surface area contributed by atoms with Gasteiger partial charge in [-0.2, -0.15) is 0 Å². The molecule has 0 saturated heterocycles. The zero-order valence-electron chi connectivity index (χ0n) is 6.77. The first-order chi connectivity index (χ1) is 6.10. The van der Waals surface area contributed by atoms with E-state index in [1.54, 1.807) is 6.07 Å². The van der Waals surface area contributed by atoms with E-state index < -0.39 is 9.84 Å². The Hall–Kier alpha value is -0.420. The Morgan fingerprint density at radius 1 is 1.38 bits per heavy atom. The highest BCUT2D eigenvalue weighted by Crippen LogP contribution is 2.32. The lowest BCUT2D eigenvalue weighted by Gasteiger charge is -2.00. The monoisotopic (exact) mass is 261 g/mol. The van der Waals surface area contributed by atoms with Gasteiger partial charge in [0.25, 0.3) is 0 Å². The smallest absolute Gasteiger partial charge is 0.198 e. The fourth-order valence-corrected chi connectivity index (χ4v) is 2.87. The Morgan fingerprint density at radius 3 is 2.54 bits per heavy atom. The van der Waals surface area contributed by atoms with E-state index in [1.807, 2.05) is 0 Å². The summed E-state index contributed by atoms with van der Waals surface area (Å²) >= 11 is 3.21. The van der Waals surface area contributed by atoms with Gasteiger partial charge in [-0.25, -0.2) is 13.4 Å². The van der Waals surface area contributed by atoms with Crippen LogP contribution in [0.25, 0.3) is 0 Å². The van der Waals surface area contributed by atoms with Gasteiger partial charge < -0.3 is 0 Å². The van der Waals surface area contributed by atoms with Crippen LogP contribution in [0.4, 0.5) is 0 Å².